The van der Waals surface area contributed by atoms with Gasteiger partial charge in [-0.05, 0) is 55.5 Å². The molecule has 3 amide bonds. The molecule has 0 bridgehead atoms. The first-order chi connectivity index (χ1) is 14.3. The van der Waals surface area contributed by atoms with Crippen molar-refractivity contribution < 1.29 is 18.8 Å². The van der Waals surface area contributed by atoms with Gasteiger partial charge in [0, 0.05) is 36.8 Å². The van der Waals surface area contributed by atoms with Crippen molar-refractivity contribution in [2.45, 2.75) is 46.1 Å². The summed E-state index contributed by atoms with van der Waals surface area (Å²) in [7, 11) is 0. The molecular weight excluding hydrogens is 382 g/mol. The number of nitrogens with one attached hydrogen (secondary N) is 2. The number of carbonyl (C=O) groups excluding carboxylic acids is 3. The summed E-state index contributed by atoms with van der Waals surface area (Å²) in [6.45, 7) is 7.27. The fourth-order valence-corrected chi connectivity index (χ4v) is 3.51. The molecular formula is C23H29N3O4. The summed E-state index contributed by atoms with van der Waals surface area (Å²) in [5, 5.41) is 5.84. The lowest BCUT2D eigenvalue weighted by Gasteiger charge is -2.33. The van der Waals surface area contributed by atoms with E-state index in [0.29, 0.717) is 36.7 Å². The molecule has 0 radical (unpaired) electrons. The van der Waals surface area contributed by atoms with Gasteiger partial charge in [-0.25, -0.2) is 0 Å². The van der Waals surface area contributed by atoms with Gasteiger partial charge < -0.3 is 20.0 Å². The molecule has 1 aromatic heterocycles. The van der Waals surface area contributed by atoms with Crippen LogP contribution in [0.25, 0.3) is 0 Å². The number of carbonyl (C=O) groups is 3. The average Bonchev–Trinajstić information content (AvgIpc) is 3.24. The minimum Gasteiger partial charge on any atom is -0.459 e. The summed E-state index contributed by atoms with van der Waals surface area (Å²) >= 11 is 0. The third-order valence-electron chi connectivity index (χ3n) is 5.26. The first-order valence-electron chi connectivity index (χ1n) is 10.4. The van der Waals surface area contributed by atoms with Crippen LogP contribution in [0.15, 0.2) is 41.0 Å². The van der Waals surface area contributed by atoms with Gasteiger partial charge in [0.05, 0.1) is 6.26 Å². The van der Waals surface area contributed by atoms with Crippen LogP contribution in [0.1, 0.15) is 59.6 Å². The van der Waals surface area contributed by atoms with Crippen molar-refractivity contribution in [1.82, 2.24) is 10.2 Å². The highest BCUT2D eigenvalue weighted by atomic mass is 16.3. The highest BCUT2D eigenvalue weighted by molar-refractivity contribution is 6.04. The first kappa shape index (κ1) is 21.6. The van der Waals surface area contributed by atoms with E-state index in [4.69, 9.17) is 4.42 Å². The lowest BCUT2D eigenvalue weighted by atomic mass is 10.0. The van der Waals surface area contributed by atoms with E-state index in [-0.39, 0.29) is 29.5 Å². The number of anilines is 1. The van der Waals surface area contributed by atoms with Gasteiger partial charge in [0.2, 0.25) is 5.91 Å². The van der Waals surface area contributed by atoms with Gasteiger partial charge in [0.25, 0.3) is 11.8 Å². The summed E-state index contributed by atoms with van der Waals surface area (Å²) in [5.41, 5.74) is 1.90. The smallest absolute Gasteiger partial charge is 0.291 e. The molecule has 160 valence electrons. The molecule has 1 fully saturated rings. The molecule has 0 aliphatic carbocycles. The maximum atomic E-state index is 12.7. The second-order valence-corrected chi connectivity index (χ2v) is 8.19. The number of piperidine rings is 1. The standard InChI is InChI=1S/C23H29N3O4/c1-15(2)13-21(27)26-10-8-18(9-11-26)24-22(28)17-7-6-16(3)19(14-17)25-23(29)20-5-4-12-30-20/h4-7,12,14-15,18H,8-11,13H2,1-3H3,(H,24,28)(H,25,29). The van der Waals surface area contributed by atoms with Gasteiger partial charge in [-0.3, -0.25) is 14.4 Å². The van der Waals surface area contributed by atoms with Crippen molar-refractivity contribution >= 4 is 23.4 Å². The summed E-state index contributed by atoms with van der Waals surface area (Å²) < 4.78 is 5.11. The second-order valence-electron chi connectivity index (χ2n) is 8.19. The van der Waals surface area contributed by atoms with Crippen LogP contribution in [-0.4, -0.2) is 41.8 Å². The van der Waals surface area contributed by atoms with Gasteiger partial charge >= 0.3 is 0 Å². The molecule has 0 spiro atoms. The zero-order valence-corrected chi connectivity index (χ0v) is 17.7. The molecule has 1 aliphatic heterocycles. The van der Waals surface area contributed by atoms with Crippen molar-refractivity contribution in [2.24, 2.45) is 5.92 Å². The third kappa shape index (κ3) is 5.49. The van der Waals surface area contributed by atoms with Crippen molar-refractivity contribution in [3.63, 3.8) is 0 Å². The molecule has 7 heteroatoms. The third-order valence-corrected chi connectivity index (χ3v) is 5.26. The minimum absolute atomic E-state index is 0.0306. The number of nitrogens with zero attached hydrogens (tertiary/aromatic N) is 1. The van der Waals surface area contributed by atoms with E-state index in [1.807, 2.05) is 25.7 Å². The monoisotopic (exact) mass is 411 g/mol. The van der Waals surface area contributed by atoms with E-state index in [2.05, 4.69) is 10.6 Å². The van der Waals surface area contributed by atoms with E-state index in [9.17, 15) is 14.4 Å². The Kier molecular flexibility index (Phi) is 6.92. The molecule has 3 rings (SSSR count). The minimum atomic E-state index is -0.362. The summed E-state index contributed by atoms with van der Waals surface area (Å²) in [6.07, 6.45) is 3.48. The Bertz CT molecular complexity index is 897. The van der Waals surface area contributed by atoms with E-state index in [1.54, 1.807) is 30.3 Å². The van der Waals surface area contributed by atoms with Crippen LogP contribution in [0.5, 0.6) is 0 Å². The van der Waals surface area contributed by atoms with Gasteiger partial charge in [-0.2, -0.15) is 0 Å². The first-order valence-corrected chi connectivity index (χ1v) is 10.4. The van der Waals surface area contributed by atoms with Crippen molar-refractivity contribution in [2.75, 3.05) is 18.4 Å². The van der Waals surface area contributed by atoms with Crippen molar-refractivity contribution in [3.05, 3.63) is 53.5 Å². The lowest BCUT2D eigenvalue weighted by molar-refractivity contribution is -0.133. The van der Waals surface area contributed by atoms with Crippen molar-refractivity contribution in [3.8, 4) is 0 Å². The maximum absolute atomic E-state index is 12.7. The highest BCUT2D eigenvalue weighted by Gasteiger charge is 2.24. The van der Waals surface area contributed by atoms with Crippen molar-refractivity contribution in [1.29, 1.82) is 0 Å². The molecule has 2 heterocycles. The summed E-state index contributed by atoms with van der Waals surface area (Å²) in [5.74, 6) is 0.196. The Morgan fingerprint density at radius 2 is 1.87 bits per heavy atom. The van der Waals surface area contributed by atoms with Crippen LogP contribution in [0.4, 0.5) is 5.69 Å². The Morgan fingerprint density at radius 3 is 2.50 bits per heavy atom. The van der Waals surface area contributed by atoms with Crippen LogP contribution in [0, 0.1) is 12.8 Å². The zero-order chi connectivity index (χ0) is 21.7. The highest BCUT2D eigenvalue weighted by Crippen LogP contribution is 2.19. The quantitative estimate of drug-likeness (QED) is 0.760. The Balaban J connectivity index is 1.57. The molecule has 7 nitrogen and oxygen atoms in total. The van der Waals surface area contributed by atoms with E-state index < -0.39 is 0 Å². The van der Waals surface area contributed by atoms with E-state index in [1.165, 1.54) is 6.26 Å². The topological polar surface area (TPSA) is 91.7 Å². The lowest BCUT2D eigenvalue weighted by Crippen LogP contribution is -2.46. The zero-order valence-electron chi connectivity index (χ0n) is 17.7. The van der Waals surface area contributed by atoms with Gasteiger partial charge in [-0.15, -0.1) is 0 Å². The normalized spacial score (nSPS) is 14.6. The van der Waals surface area contributed by atoms with Crippen LogP contribution >= 0.6 is 0 Å². The fraction of sp³-hybridized carbons (Fsp3) is 0.435. The van der Waals surface area contributed by atoms with Crippen LogP contribution < -0.4 is 10.6 Å². The maximum Gasteiger partial charge on any atom is 0.291 e. The molecule has 0 atom stereocenters. The number of aryl methyl sites for hydroxylation is 1. The molecule has 2 aromatic rings. The number of amides is 3. The molecule has 1 aliphatic rings. The molecule has 30 heavy (non-hydrogen) atoms. The van der Waals surface area contributed by atoms with Crippen LogP contribution in [0.2, 0.25) is 0 Å². The molecule has 0 saturated carbocycles. The predicted molar refractivity (Wildman–Crippen MR) is 114 cm³/mol. The summed E-state index contributed by atoms with van der Waals surface area (Å²) in [4.78, 5) is 39.1. The van der Waals surface area contributed by atoms with Gasteiger partial charge in [0.1, 0.15) is 0 Å². The van der Waals surface area contributed by atoms with E-state index in [0.717, 1.165) is 18.4 Å². The second kappa shape index (κ2) is 9.61. The Hall–Kier alpha value is -3.09. The average molecular weight is 412 g/mol. The fourth-order valence-electron chi connectivity index (χ4n) is 3.51. The number of hydrogen-bond donors (Lipinski definition) is 2. The number of furan rings is 1. The molecule has 2 N–H and O–H groups in total. The largest absolute Gasteiger partial charge is 0.459 e. The Morgan fingerprint density at radius 1 is 1.13 bits per heavy atom. The molecule has 1 aromatic carbocycles. The molecule has 1 saturated heterocycles. The SMILES string of the molecule is Cc1ccc(C(=O)NC2CCN(C(=O)CC(C)C)CC2)cc1NC(=O)c1ccco1. The Labute approximate surface area is 176 Å². The summed E-state index contributed by atoms with van der Waals surface area (Å²) in [6, 6.07) is 8.48. The van der Waals surface area contributed by atoms with Gasteiger partial charge in [-0.1, -0.05) is 19.9 Å². The van der Waals surface area contributed by atoms with E-state index >= 15 is 0 Å². The number of benzene rings is 1. The number of likely N-dealkylation sites (tertiary alicyclic amines) is 1. The molecule has 0 unspecified atom stereocenters. The van der Waals surface area contributed by atoms with Crippen LogP contribution in [-0.2, 0) is 4.79 Å². The number of hydrogen-bond acceptors (Lipinski definition) is 4. The van der Waals surface area contributed by atoms with Crippen LogP contribution in [0.3, 0.4) is 0 Å². The van der Waals surface area contributed by atoms with Gasteiger partial charge in [0.15, 0.2) is 5.76 Å². The number of rotatable bonds is 6. The predicted octanol–water partition coefficient (Wildman–Crippen LogP) is 3.61.